The first-order chi connectivity index (χ1) is 12.0. The van der Waals surface area contributed by atoms with Crippen LogP contribution in [0.4, 0.5) is 10.5 Å². The summed E-state index contributed by atoms with van der Waals surface area (Å²) in [5.41, 5.74) is 7.38. The van der Waals surface area contributed by atoms with Gasteiger partial charge in [0.05, 0.1) is 11.6 Å². The number of nitriles is 1. The SMILES string of the molecule is N#Cc1ccc(N)c(C(O)C(O)CNC(=O)OCc2ccccc2)c1. The molecule has 130 valence electrons. The van der Waals surface area contributed by atoms with Crippen molar-refractivity contribution in [2.75, 3.05) is 12.3 Å². The zero-order valence-corrected chi connectivity index (χ0v) is 13.4. The summed E-state index contributed by atoms with van der Waals surface area (Å²) in [5, 5.41) is 31.5. The maximum absolute atomic E-state index is 11.7. The van der Waals surface area contributed by atoms with E-state index < -0.39 is 18.3 Å². The molecule has 2 unspecified atom stereocenters. The number of benzene rings is 2. The van der Waals surface area contributed by atoms with Crippen molar-refractivity contribution in [3.05, 3.63) is 65.2 Å². The van der Waals surface area contributed by atoms with Crippen molar-refractivity contribution in [2.45, 2.75) is 18.8 Å². The molecule has 0 saturated carbocycles. The quantitative estimate of drug-likeness (QED) is 0.589. The fourth-order valence-electron chi connectivity index (χ4n) is 2.18. The summed E-state index contributed by atoms with van der Waals surface area (Å²) < 4.78 is 5.01. The minimum Gasteiger partial charge on any atom is -0.445 e. The second kappa shape index (κ2) is 8.68. The maximum atomic E-state index is 11.7. The van der Waals surface area contributed by atoms with Gasteiger partial charge in [0.2, 0.25) is 0 Å². The molecular formula is C18H19N3O4. The first-order valence-electron chi connectivity index (χ1n) is 7.61. The number of aliphatic hydroxyl groups is 2. The third-order valence-electron chi connectivity index (χ3n) is 3.57. The molecule has 2 atom stereocenters. The Labute approximate surface area is 145 Å². The summed E-state index contributed by atoms with van der Waals surface area (Å²) in [6, 6.07) is 15.5. The number of nitrogen functional groups attached to an aromatic ring is 1. The Balaban J connectivity index is 1.86. The molecule has 0 saturated heterocycles. The van der Waals surface area contributed by atoms with Gasteiger partial charge in [0.1, 0.15) is 18.8 Å². The molecular weight excluding hydrogens is 322 g/mol. The Morgan fingerprint density at radius 2 is 1.96 bits per heavy atom. The van der Waals surface area contributed by atoms with Crippen LogP contribution >= 0.6 is 0 Å². The number of anilines is 1. The molecule has 0 spiro atoms. The molecule has 0 radical (unpaired) electrons. The normalized spacial score (nSPS) is 12.7. The first kappa shape index (κ1) is 18.3. The van der Waals surface area contributed by atoms with Crippen molar-refractivity contribution < 1.29 is 19.7 Å². The standard InChI is InChI=1S/C18H19N3O4/c19-9-13-6-7-15(20)14(8-13)17(23)16(22)10-21-18(24)25-11-12-4-2-1-3-5-12/h1-8,16-17,22-23H,10-11,20H2,(H,21,24). The van der Waals surface area contributed by atoms with Gasteiger partial charge in [-0.15, -0.1) is 0 Å². The van der Waals surface area contributed by atoms with Gasteiger partial charge >= 0.3 is 6.09 Å². The van der Waals surface area contributed by atoms with Crippen molar-refractivity contribution in [1.29, 1.82) is 5.26 Å². The summed E-state index contributed by atoms with van der Waals surface area (Å²) >= 11 is 0. The summed E-state index contributed by atoms with van der Waals surface area (Å²) in [6.45, 7) is -0.131. The second-order valence-corrected chi connectivity index (χ2v) is 5.41. The molecule has 0 bridgehead atoms. The largest absolute Gasteiger partial charge is 0.445 e. The van der Waals surface area contributed by atoms with Crippen LogP contribution in [-0.4, -0.2) is 29.0 Å². The highest BCUT2D eigenvalue weighted by Crippen LogP contribution is 2.24. The van der Waals surface area contributed by atoms with E-state index >= 15 is 0 Å². The highest BCUT2D eigenvalue weighted by atomic mass is 16.5. The molecule has 25 heavy (non-hydrogen) atoms. The number of ether oxygens (including phenoxy) is 1. The van der Waals surface area contributed by atoms with Crippen LogP contribution in [-0.2, 0) is 11.3 Å². The third kappa shape index (κ3) is 5.21. The third-order valence-corrected chi connectivity index (χ3v) is 3.57. The Morgan fingerprint density at radius 3 is 2.64 bits per heavy atom. The molecule has 0 aromatic heterocycles. The van der Waals surface area contributed by atoms with E-state index in [1.54, 1.807) is 0 Å². The molecule has 0 aliphatic rings. The molecule has 5 N–H and O–H groups in total. The van der Waals surface area contributed by atoms with Gasteiger partial charge in [0.25, 0.3) is 0 Å². The van der Waals surface area contributed by atoms with Crippen LogP contribution in [0.2, 0.25) is 0 Å². The predicted molar refractivity (Wildman–Crippen MR) is 91.2 cm³/mol. The van der Waals surface area contributed by atoms with Crippen molar-refractivity contribution in [3.63, 3.8) is 0 Å². The molecule has 0 heterocycles. The van der Waals surface area contributed by atoms with Crippen molar-refractivity contribution in [2.24, 2.45) is 0 Å². The second-order valence-electron chi connectivity index (χ2n) is 5.41. The fraction of sp³-hybridized carbons (Fsp3) is 0.222. The molecule has 0 aliphatic heterocycles. The number of rotatable bonds is 6. The van der Waals surface area contributed by atoms with Crippen LogP contribution in [0.5, 0.6) is 0 Å². The van der Waals surface area contributed by atoms with Crippen LogP contribution in [0.1, 0.15) is 22.8 Å². The van der Waals surface area contributed by atoms with Gasteiger partial charge in [0, 0.05) is 17.8 Å². The van der Waals surface area contributed by atoms with E-state index in [4.69, 9.17) is 15.7 Å². The van der Waals surface area contributed by atoms with Crippen LogP contribution in [0.25, 0.3) is 0 Å². The predicted octanol–water partition coefficient (Wildman–Crippen LogP) is 1.46. The van der Waals surface area contributed by atoms with Crippen LogP contribution in [0.3, 0.4) is 0 Å². The monoisotopic (exact) mass is 341 g/mol. The molecule has 0 fully saturated rings. The van der Waals surface area contributed by atoms with E-state index in [9.17, 15) is 15.0 Å². The molecule has 2 aromatic rings. The zero-order chi connectivity index (χ0) is 18.2. The number of nitrogens with zero attached hydrogens (tertiary/aromatic N) is 1. The number of nitrogens with two attached hydrogens (primary N) is 1. The van der Waals surface area contributed by atoms with Crippen LogP contribution < -0.4 is 11.1 Å². The van der Waals surface area contributed by atoms with Gasteiger partial charge in [-0.2, -0.15) is 5.26 Å². The zero-order valence-electron chi connectivity index (χ0n) is 13.4. The fourth-order valence-corrected chi connectivity index (χ4v) is 2.18. The number of hydrogen-bond donors (Lipinski definition) is 4. The Kier molecular flexibility index (Phi) is 6.34. The van der Waals surface area contributed by atoms with Gasteiger partial charge in [0.15, 0.2) is 0 Å². The molecule has 7 nitrogen and oxygen atoms in total. The van der Waals surface area contributed by atoms with E-state index in [-0.39, 0.29) is 24.4 Å². The molecule has 2 rings (SSSR count). The molecule has 7 heteroatoms. The Morgan fingerprint density at radius 1 is 1.24 bits per heavy atom. The van der Waals surface area contributed by atoms with Gasteiger partial charge in [-0.25, -0.2) is 4.79 Å². The minimum atomic E-state index is -1.34. The number of alkyl carbamates (subject to hydrolysis) is 1. The average molecular weight is 341 g/mol. The number of nitrogens with one attached hydrogen (secondary N) is 1. The van der Waals surface area contributed by atoms with Crippen molar-refractivity contribution in [3.8, 4) is 6.07 Å². The lowest BCUT2D eigenvalue weighted by atomic mass is 10.0. The summed E-state index contributed by atoms with van der Waals surface area (Å²) in [5.74, 6) is 0. The van der Waals surface area contributed by atoms with Gasteiger partial charge in [-0.05, 0) is 23.8 Å². The number of aliphatic hydroxyl groups excluding tert-OH is 2. The lowest BCUT2D eigenvalue weighted by Crippen LogP contribution is -2.36. The Hall–Kier alpha value is -3.08. The Bertz CT molecular complexity index is 759. The lowest BCUT2D eigenvalue weighted by Gasteiger charge is -2.20. The van der Waals surface area contributed by atoms with Crippen molar-refractivity contribution >= 4 is 11.8 Å². The van der Waals surface area contributed by atoms with Crippen LogP contribution in [0.15, 0.2) is 48.5 Å². The summed E-state index contributed by atoms with van der Waals surface area (Å²) in [7, 11) is 0. The summed E-state index contributed by atoms with van der Waals surface area (Å²) in [4.78, 5) is 11.7. The van der Waals surface area contributed by atoms with E-state index in [2.05, 4.69) is 5.32 Å². The van der Waals surface area contributed by atoms with E-state index in [1.807, 2.05) is 36.4 Å². The lowest BCUT2D eigenvalue weighted by molar-refractivity contribution is 0.0188. The van der Waals surface area contributed by atoms with Gasteiger partial charge in [-0.1, -0.05) is 30.3 Å². The number of hydrogen-bond acceptors (Lipinski definition) is 6. The van der Waals surface area contributed by atoms with Crippen molar-refractivity contribution in [1.82, 2.24) is 5.32 Å². The summed E-state index contributed by atoms with van der Waals surface area (Å²) in [6.07, 6.45) is -3.36. The molecule has 1 amide bonds. The van der Waals surface area contributed by atoms with E-state index in [0.717, 1.165) is 5.56 Å². The smallest absolute Gasteiger partial charge is 0.407 e. The van der Waals surface area contributed by atoms with Gasteiger partial charge in [-0.3, -0.25) is 0 Å². The highest BCUT2D eigenvalue weighted by molar-refractivity contribution is 5.67. The molecule has 2 aromatic carbocycles. The van der Waals surface area contributed by atoms with Gasteiger partial charge < -0.3 is 26.0 Å². The van der Waals surface area contributed by atoms with E-state index in [0.29, 0.717) is 5.56 Å². The number of carbonyl (C=O) groups is 1. The average Bonchev–Trinajstić information content (AvgIpc) is 2.65. The first-order valence-corrected chi connectivity index (χ1v) is 7.61. The topological polar surface area (TPSA) is 129 Å². The minimum absolute atomic E-state index is 0.0997. The molecule has 0 aliphatic carbocycles. The number of amides is 1. The highest BCUT2D eigenvalue weighted by Gasteiger charge is 2.21. The number of carbonyl (C=O) groups excluding carboxylic acids is 1. The van der Waals surface area contributed by atoms with E-state index in [1.165, 1.54) is 18.2 Å². The maximum Gasteiger partial charge on any atom is 0.407 e. The van der Waals surface area contributed by atoms with Crippen LogP contribution in [0, 0.1) is 11.3 Å².